The second-order valence-electron chi connectivity index (χ2n) is 7.08. The fourth-order valence-corrected chi connectivity index (χ4v) is 4.49. The molecule has 3 atom stereocenters. The summed E-state index contributed by atoms with van der Waals surface area (Å²) in [6.07, 6.45) is 11.1. The van der Waals surface area contributed by atoms with E-state index in [-0.39, 0.29) is 0 Å². The molecule has 0 aromatic carbocycles. The van der Waals surface area contributed by atoms with Crippen LogP contribution < -0.4 is 10.6 Å². The van der Waals surface area contributed by atoms with Crippen molar-refractivity contribution in [2.45, 2.75) is 82.8 Å². The lowest BCUT2D eigenvalue weighted by Gasteiger charge is -2.29. The number of rotatable bonds is 4. The summed E-state index contributed by atoms with van der Waals surface area (Å²) >= 11 is 0. The minimum absolute atomic E-state index is 0.297. The van der Waals surface area contributed by atoms with E-state index in [2.05, 4.69) is 17.6 Å². The number of carbonyl (C=O) groups excluding carboxylic acids is 1. The molecule has 2 bridgehead atoms. The van der Waals surface area contributed by atoms with Gasteiger partial charge in [-0.3, -0.25) is 4.79 Å². The largest absolute Gasteiger partial charge is 0.353 e. The van der Waals surface area contributed by atoms with E-state index in [1.165, 1.54) is 51.4 Å². The summed E-state index contributed by atoms with van der Waals surface area (Å²) in [5.74, 6) is 1.65. The third kappa shape index (κ3) is 3.31. The normalized spacial score (nSPS) is 36.4. The van der Waals surface area contributed by atoms with Gasteiger partial charge in [-0.1, -0.05) is 12.8 Å². The standard InChI is InChI=1S/C16H28N2O/c1-11(13-4-2-3-5-13)17-16(19)10-12-8-14-6-7-15(9-12)18-14/h11-15,18H,2-10H2,1H3,(H,17,19). The van der Waals surface area contributed by atoms with Crippen LogP contribution >= 0.6 is 0 Å². The maximum Gasteiger partial charge on any atom is 0.220 e. The topological polar surface area (TPSA) is 41.1 Å². The Kier molecular flexibility index (Phi) is 4.11. The summed E-state index contributed by atoms with van der Waals surface area (Å²) in [7, 11) is 0. The molecule has 2 heterocycles. The molecule has 0 radical (unpaired) electrons. The van der Waals surface area contributed by atoms with E-state index in [0.29, 0.717) is 30.0 Å². The van der Waals surface area contributed by atoms with E-state index in [0.717, 1.165) is 12.3 Å². The highest BCUT2D eigenvalue weighted by atomic mass is 16.1. The Morgan fingerprint density at radius 1 is 1.16 bits per heavy atom. The van der Waals surface area contributed by atoms with Gasteiger partial charge in [-0.15, -0.1) is 0 Å². The van der Waals surface area contributed by atoms with Gasteiger partial charge in [-0.05, 0) is 57.3 Å². The highest BCUT2D eigenvalue weighted by Gasteiger charge is 2.34. The fraction of sp³-hybridized carbons (Fsp3) is 0.938. The predicted molar refractivity (Wildman–Crippen MR) is 76.8 cm³/mol. The van der Waals surface area contributed by atoms with E-state index >= 15 is 0 Å². The van der Waals surface area contributed by atoms with Gasteiger partial charge in [-0.25, -0.2) is 0 Å². The summed E-state index contributed by atoms with van der Waals surface area (Å²) in [4.78, 5) is 12.2. The van der Waals surface area contributed by atoms with E-state index in [4.69, 9.17) is 0 Å². The van der Waals surface area contributed by atoms with Crippen LogP contribution in [-0.4, -0.2) is 24.0 Å². The molecule has 1 aliphatic carbocycles. The second kappa shape index (κ2) is 5.82. The Labute approximate surface area is 116 Å². The molecule has 3 fully saturated rings. The predicted octanol–water partition coefficient (Wildman–Crippen LogP) is 2.60. The third-order valence-corrected chi connectivity index (χ3v) is 5.54. The van der Waals surface area contributed by atoms with Gasteiger partial charge in [0, 0.05) is 24.5 Å². The molecule has 0 aromatic heterocycles. The highest BCUT2D eigenvalue weighted by Crippen LogP contribution is 2.33. The van der Waals surface area contributed by atoms with Gasteiger partial charge in [0.25, 0.3) is 0 Å². The van der Waals surface area contributed by atoms with Gasteiger partial charge in [0.05, 0.1) is 0 Å². The summed E-state index contributed by atoms with van der Waals surface area (Å²) in [5.41, 5.74) is 0. The van der Waals surface area contributed by atoms with Crippen LogP contribution in [-0.2, 0) is 4.79 Å². The Balaban J connectivity index is 1.43. The molecule has 108 valence electrons. The summed E-state index contributed by atoms with van der Waals surface area (Å²) in [6, 6.07) is 1.78. The number of carbonyl (C=O) groups is 1. The lowest BCUT2D eigenvalue weighted by molar-refractivity contribution is -0.123. The van der Waals surface area contributed by atoms with Crippen molar-refractivity contribution in [3.63, 3.8) is 0 Å². The maximum absolute atomic E-state index is 12.2. The first-order valence-corrected chi connectivity index (χ1v) is 8.26. The Bertz CT molecular complexity index is 313. The van der Waals surface area contributed by atoms with Crippen LogP contribution in [0, 0.1) is 11.8 Å². The van der Waals surface area contributed by atoms with Crippen LogP contribution in [0.1, 0.15) is 64.7 Å². The summed E-state index contributed by atoms with van der Waals surface area (Å²) < 4.78 is 0. The second-order valence-corrected chi connectivity index (χ2v) is 7.08. The Hall–Kier alpha value is -0.570. The van der Waals surface area contributed by atoms with Gasteiger partial charge >= 0.3 is 0 Å². The molecule has 1 amide bonds. The SMILES string of the molecule is CC(NC(=O)CC1CC2CCC(C1)N2)C1CCCC1. The number of hydrogen-bond donors (Lipinski definition) is 2. The Morgan fingerprint density at radius 3 is 2.42 bits per heavy atom. The first-order valence-electron chi connectivity index (χ1n) is 8.26. The molecule has 2 aliphatic heterocycles. The number of hydrogen-bond acceptors (Lipinski definition) is 2. The molecule has 3 nitrogen and oxygen atoms in total. The van der Waals surface area contributed by atoms with Crippen LogP contribution in [0.3, 0.4) is 0 Å². The van der Waals surface area contributed by atoms with Crippen molar-refractivity contribution in [1.29, 1.82) is 0 Å². The summed E-state index contributed by atoms with van der Waals surface area (Å²) in [5, 5.41) is 6.91. The lowest BCUT2D eigenvalue weighted by atomic mass is 9.89. The van der Waals surface area contributed by atoms with Crippen LogP contribution in [0.5, 0.6) is 0 Å². The smallest absolute Gasteiger partial charge is 0.220 e. The monoisotopic (exact) mass is 264 g/mol. The van der Waals surface area contributed by atoms with Crippen molar-refractivity contribution in [2.24, 2.45) is 11.8 Å². The summed E-state index contributed by atoms with van der Waals surface area (Å²) in [6.45, 7) is 2.19. The van der Waals surface area contributed by atoms with E-state index < -0.39 is 0 Å². The molecule has 3 heteroatoms. The van der Waals surface area contributed by atoms with Crippen molar-refractivity contribution < 1.29 is 4.79 Å². The van der Waals surface area contributed by atoms with Crippen molar-refractivity contribution >= 4 is 5.91 Å². The van der Waals surface area contributed by atoms with Crippen LogP contribution in [0.2, 0.25) is 0 Å². The van der Waals surface area contributed by atoms with E-state index in [1.807, 2.05) is 0 Å². The first-order chi connectivity index (χ1) is 9.20. The van der Waals surface area contributed by atoms with Crippen molar-refractivity contribution in [2.75, 3.05) is 0 Å². The maximum atomic E-state index is 12.2. The molecule has 2 N–H and O–H groups in total. The molecular weight excluding hydrogens is 236 g/mol. The van der Waals surface area contributed by atoms with Crippen molar-refractivity contribution in [3.8, 4) is 0 Å². The number of piperidine rings is 1. The van der Waals surface area contributed by atoms with Gasteiger partial charge in [0.15, 0.2) is 0 Å². The number of amides is 1. The van der Waals surface area contributed by atoms with Crippen LogP contribution in [0.4, 0.5) is 0 Å². The van der Waals surface area contributed by atoms with Gasteiger partial charge in [0.2, 0.25) is 5.91 Å². The minimum Gasteiger partial charge on any atom is -0.353 e. The number of fused-ring (bicyclic) bond motifs is 2. The fourth-order valence-electron chi connectivity index (χ4n) is 4.49. The van der Waals surface area contributed by atoms with E-state index in [1.54, 1.807) is 0 Å². The quantitative estimate of drug-likeness (QED) is 0.819. The molecule has 0 aromatic rings. The molecule has 2 saturated heterocycles. The average Bonchev–Trinajstić information content (AvgIpc) is 2.99. The number of nitrogens with one attached hydrogen (secondary N) is 2. The van der Waals surface area contributed by atoms with Crippen molar-refractivity contribution in [3.05, 3.63) is 0 Å². The first kappa shape index (κ1) is 13.4. The van der Waals surface area contributed by atoms with Gasteiger partial charge in [-0.2, -0.15) is 0 Å². The molecule has 1 saturated carbocycles. The highest BCUT2D eigenvalue weighted by molar-refractivity contribution is 5.76. The molecule has 3 aliphatic rings. The van der Waals surface area contributed by atoms with Crippen LogP contribution in [0.25, 0.3) is 0 Å². The Morgan fingerprint density at radius 2 is 1.79 bits per heavy atom. The van der Waals surface area contributed by atoms with E-state index in [9.17, 15) is 4.79 Å². The molecular formula is C16H28N2O. The zero-order valence-corrected chi connectivity index (χ0v) is 12.2. The van der Waals surface area contributed by atoms with Gasteiger partial charge in [0.1, 0.15) is 0 Å². The zero-order chi connectivity index (χ0) is 13.2. The molecule has 0 spiro atoms. The molecule has 3 rings (SSSR count). The lowest BCUT2D eigenvalue weighted by Crippen LogP contribution is -2.42. The zero-order valence-electron chi connectivity index (χ0n) is 12.2. The minimum atomic E-state index is 0.297. The van der Waals surface area contributed by atoms with Gasteiger partial charge < -0.3 is 10.6 Å². The van der Waals surface area contributed by atoms with Crippen molar-refractivity contribution in [1.82, 2.24) is 10.6 Å². The third-order valence-electron chi connectivity index (χ3n) is 5.54. The average molecular weight is 264 g/mol. The molecule has 19 heavy (non-hydrogen) atoms. The van der Waals surface area contributed by atoms with Crippen LogP contribution in [0.15, 0.2) is 0 Å². The molecule has 3 unspecified atom stereocenters.